The van der Waals surface area contributed by atoms with Crippen molar-refractivity contribution in [3.05, 3.63) is 0 Å². The number of rotatable bonds is 5. The van der Waals surface area contributed by atoms with Crippen molar-refractivity contribution in [2.75, 3.05) is 19.3 Å². The van der Waals surface area contributed by atoms with Crippen LogP contribution >= 0.6 is 12.6 Å². The van der Waals surface area contributed by atoms with Crippen molar-refractivity contribution >= 4 is 28.6 Å². The molecule has 5 nitrogen and oxygen atoms in total. The normalized spacial score (nSPS) is 13.8. The Kier molecular flexibility index (Phi) is 5.34. The molecule has 7 heteroatoms. The summed E-state index contributed by atoms with van der Waals surface area (Å²) in [5, 5.41) is 2.14. The molecule has 0 fully saturated rings. The highest BCUT2D eigenvalue weighted by Crippen LogP contribution is 1.89. The number of nitrogens with one attached hydrogen (secondary N) is 2. The Bertz CT molecular complexity index is 261. The summed E-state index contributed by atoms with van der Waals surface area (Å²) in [4.78, 5) is 10.9. The molecule has 78 valence electrons. The molecule has 0 bridgehead atoms. The Morgan fingerprint density at radius 1 is 1.46 bits per heavy atom. The summed E-state index contributed by atoms with van der Waals surface area (Å²) in [5.74, 6) is -0.210. The van der Waals surface area contributed by atoms with E-state index in [2.05, 4.69) is 22.7 Å². The van der Waals surface area contributed by atoms with Crippen molar-refractivity contribution in [1.82, 2.24) is 10.0 Å². The van der Waals surface area contributed by atoms with Crippen molar-refractivity contribution in [1.29, 1.82) is 0 Å². The van der Waals surface area contributed by atoms with Gasteiger partial charge < -0.3 is 5.32 Å². The van der Waals surface area contributed by atoms with Crippen LogP contribution in [0.25, 0.3) is 0 Å². The van der Waals surface area contributed by atoms with Gasteiger partial charge in [0.15, 0.2) is 0 Å². The summed E-state index contributed by atoms with van der Waals surface area (Å²) < 4.78 is 23.4. The molecule has 1 atom stereocenters. The van der Waals surface area contributed by atoms with Crippen molar-refractivity contribution in [3.63, 3.8) is 0 Å². The van der Waals surface area contributed by atoms with Crippen LogP contribution in [0.5, 0.6) is 0 Å². The van der Waals surface area contributed by atoms with E-state index in [0.717, 1.165) is 6.26 Å². The topological polar surface area (TPSA) is 75.3 Å². The van der Waals surface area contributed by atoms with Gasteiger partial charge in [-0.1, -0.05) is 0 Å². The van der Waals surface area contributed by atoms with E-state index in [1.165, 1.54) is 0 Å². The standard InChI is InChI=1S/C6H14N2O3S2/c1-5(12)6(9)7-3-4-8-13(2,10)11/h5,8,12H,3-4H2,1-2H3,(H,7,9). The molecule has 0 saturated carbocycles. The molecule has 0 aliphatic rings. The van der Waals surface area contributed by atoms with Gasteiger partial charge in [0.25, 0.3) is 0 Å². The fraction of sp³-hybridized carbons (Fsp3) is 0.833. The molecule has 13 heavy (non-hydrogen) atoms. The molecular formula is C6H14N2O3S2. The molecule has 0 aliphatic carbocycles. The molecule has 2 N–H and O–H groups in total. The molecule has 0 aliphatic heterocycles. The van der Waals surface area contributed by atoms with Gasteiger partial charge in [-0.3, -0.25) is 4.79 Å². The van der Waals surface area contributed by atoms with Crippen molar-refractivity contribution < 1.29 is 13.2 Å². The van der Waals surface area contributed by atoms with E-state index < -0.39 is 10.0 Å². The Morgan fingerprint density at radius 3 is 2.38 bits per heavy atom. The predicted molar refractivity (Wildman–Crippen MR) is 54.3 cm³/mol. The minimum Gasteiger partial charge on any atom is -0.354 e. The molecule has 0 spiro atoms. The van der Waals surface area contributed by atoms with Crippen LogP contribution in [0.3, 0.4) is 0 Å². The van der Waals surface area contributed by atoms with Gasteiger partial charge >= 0.3 is 0 Å². The molecule has 0 aromatic heterocycles. The van der Waals surface area contributed by atoms with Gasteiger partial charge in [-0.2, -0.15) is 12.6 Å². The lowest BCUT2D eigenvalue weighted by molar-refractivity contribution is -0.120. The predicted octanol–water partition coefficient (Wildman–Crippen LogP) is -1.03. The summed E-state index contributed by atoms with van der Waals surface area (Å²) in [5.41, 5.74) is 0. The molecule has 1 amide bonds. The minimum atomic E-state index is -3.16. The molecule has 0 aromatic carbocycles. The second-order valence-electron chi connectivity index (χ2n) is 2.63. The number of thiol groups is 1. The van der Waals surface area contributed by atoms with Crippen LogP contribution in [-0.4, -0.2) is 38.9 Å². The van der Waals surface area contributed by atoms with Gasteiger partial charge in [-0.25, -0.2) is 13.1 Å². The number of hydrogen-bond donors (Lipinski definition) is 3. The SMILES string of the molecule is CC(S)C(=O)NCCNS(C)(=O)=O. The summed E-state index contributed by atoms with van der Waals surface area (Å²) in [6.07, 6.45) is 1.07. The van der Waals surface area contributed by atoms with Crippen LogP contribution in [0.4, 0.5) is 0 Å². The van der Waals surface area contributed by atoms with Crippen LogP contribution in [0.2, 0.25) is 0 Å². The molecule has 0 aromatic rings. The number of carbonyl (C=O) groups is 1. The smallest absolute Gasteiger partial charge is 0.232 e. The third kappa shape index (κ3) is 8.07. The van der Waals surface area contributed by atoms with Crippen molar-refractivity contribution in [2.45, 2.75) is 12.2 Å². The summed E-state index contributed by atoms with van der Waals surface area (Å²) in [7, 11) is -3.16. The molecule has 0 saturated heterocycles. The first-order chi connectivity index (χ1) is 5.83. The van der Waals surface area contributed by atoms with E-state index >= 15 is 0 Å². The fourth-order valence-corrected chi connectivity index (χ4v) is 1.13. The summed E-state index contributed by atoms with van der Waals surface area (Å²) in [6.45, 7) is 2.12. The lowest BCUT2D eigenvalue weighted by Gasteiger charge is -2.06. The van der Waals surface area contributed by atoms with E-state index in [1.807, 2.05) is 0 Å². The maximum absolute atomic E-state index is 10.9. The van der Waals surface area contributed by atoms with E-state index in [4.69, 9.17) is 0 Å². The zero-order chi connectivity index (χ0) is 10.5. The average Bonchev–Trinajstić information content (AvgIpc) is 1.95. The lowest BCUT2D eigenvalue weighted by Crippen LogP contribution is -2.36. The van der Waals surface area contributed by atoms with Gasteiger partial charge in [-0.15, -0.1) is 0 Å². The fourth-order valence-electron chi connectivity index (χ4n) is 0.570. The van der Waals surface area contributed by atoms with Crippen LogP contribution in [-0.2, 0) is 14.8 Å². The third-order valence-corrected chi connectivity index (χ3v) is 2.13. The van der Waals surface area contributed by atoms with E-state index in [1.54, 1.807) is 6.92 Å². The molecule has 1 unspecified atom stereocenters. The quantitative estimate of drug-likeness (QED) is 0.414. The highest BCUT2D eigenvalue weighted by molar-refractivity contribution is 7.88. The highest BCUT2D eigenvalue weighted by atomic mass is 32.2. The van der Waals surface area contributed by atoms with Crippen LogP contribution in [0.15, 0.2) is 0 Å². The number of carbonyl (C=O) groups excluding carboxylic acids is 1. The van der Waals surface area contributed by atoms with Crippen molar-refractivity contribution in [3.8, 4) is 0 Å². The largest absolute Gasteiger partial charge is 0.354 e. The zero-order valence-corrected chi connectivity index (χ0v) is 9.28. The second-order valence-corrected chi connectivity index (χ2v) is 5.24. The first-order valence-corrected chi connectivity index (χ1v) is 6.14. The van der Waals surface area contributed by atoms with Gasteiger partial charge in [0.1, 0.15) is 0 Å². The molecule has 0 rings (SSSR count). The number of sulfonamides is 1. The van der Waals surface area contributed by atoms with Crippen molar-refractivity contribution in [2.24, 2.45) is 0 Å². The summed E-state index contributed by atoms with van der Waals surface area (Å²) in [6, 6.07) is 0. The first kappa shape index (κ1) is 12.7. The van der Waals surface area contributed by atoms with Gasteiger partial charge in [0, 0.05) is 13.1 Å². The number of amides is 1. The Labute approximate surface area is 83.7 Å². The van der Waals surface area contributed by atoms with Crippen LogP contribution in [0.1, 0.15) is 6.92 Å². The maximum atomic E-state index is 10.9. The lowest BCUT2D eigenvalue weighted by atomic mass is 10.4. The van der Waals surface area contributed by atoms with Crippen LogP contribution in [0, 0.1) is 0 Å². The highest BCUT2D eigenvalue weighted by Gasteiger charge is 2.06. The average molecular weight is 226 g/mol. The Balaban J connectivity index is 3.53. The molecular weight excluding hydrogens is 212 g/mol. The van der Waals surface area contributed by atoms with Gasteiger partial charge in [0.05, 0.1) is 11.5 Å². The van der Waals surface area contributed by atoms with E-state index in [9.17, 15) is 13.2 Å². The molecule has 0 radical (unpaired) electrons. The zero-order valence-electron chi connectivity index (χ0n) is 7.57. The third-order valence-electron chi connectivity index (χ3n) is 1.17. The van der Waals surface area contributed by atoms with E-state index in [0.29, 0.717) is 0 Å². The number of hydrogen-bond acceptors (Lipinski definition) is 4. The summed E-state index contributed by atoms with van der Waals surface area (Å²) >= 11 is 3.90. The first-order valence-electron chi connectivity index (χ1n) is 3.73. The van der Waals surface area contributed by atoms with Gasteiger partial charge in [-0.05, 0) is 6.92 Å². The van der Waals surface area contributed by atoms with E-state index in [-0.39, 0.29) is 24.2 Å². The minimum absolute atomic E-state index is 0.199. The van der Waals surface area contributed by atoms with Crippen LogP contribution < -0.4 is 10.0 Å². The monoisotopic (exact) mass is 226 g/mol. The Morgan fingerprint density at radius 2 is 2.00 bits per heavy atom. The second kappa shape index (κ2) is 5.46. The molecule has 0 heterocycles. The van der Waals surface area contributed by atoms with Gasteiger partial charge in [0.2, 0.25) is 15.9 Å². The maximum Gasteiger partial charge on any atom is 0.232 e. The Hall–Kier alpha value is -0.270.